The number of hydrogen-bond donors (Lipinski definition) is 2. The molecule has 3 rings (SSSR count). The number of H-pyrrole nitrogens is 1. The first-order chi connectivity index (χ1) is 9.71. The molecule has 1 aromatic heterocycles. The molecule has 0 aliphatic rings. The Morgan fingerprint density at radius 1 is 1.00 bits per heavy atom. The summed E-state index contributed by atoms with van der Waals surface area (Å²) in [6, 6.07) is 11.3. The third kappa shape index (κ3) is 2.03. The van der Waals surface area contributed by atoms with Crippen LogP contribution in [0.3, 0.4) is 0 Å². The van der Waals surface area contributed by atoms with E-state index in [1.54, 1.807) is 14.2 Å². The Morgan fingerprint density at radius 3 is 2.30 bits per heavy atom. The van der Waals surface area contributed by atoms with Crippen LogP contribution >= 0.6 is 0 Å². The minimum atomic E-state index is 0.662. The van der Waals surface area contributed by atoms with E-state index >= 15 is 0 Å². The van der Waals surface area contributed by atoms with E-state index in [1.807, 2.05) is 36.4 Å². The van der Waals surface area contributed by atoms with Crippen LogP contribution < -0.4 is 15.2 Å². The Bertz CT molecular complexity index is 707. The average Bonchev–Trinajstić information content (AvgIpc) is 2.89. The molecule has 0 spiro atoms. The molecule has 0 atom stereocenters. The molecule has 5 heteroatoms. The SMILES string of the molecule is COc1cc2nc(-c3ccc(N)cc3)[nH]c2cc1OC. The number of imidazole rings is 1. The summed E-state index contributed by atoms with van der Waals surface area (Å²) in [6.45, 7) is 0. The number of anilines is 1. The van der Waals surface area contributed by atoms with Crippen molar-refractivity contribution in [2.45, 2.75) is 0 Å². The molecule has 2 aromatic carbocycles. The molecule has 102 valence electrons. The Morgan fingerprint density at radius 2 is 1.65 bits per heavy atom. The summed E-state index contributed by atoms with van der Waals surface area (Å²) >= 11 is 0. The summed E-state index contributed by atoms with van der Waals surface area (Å²) in [6.07, 6.45) is 0. The number of aromatic nitrogens is 2. The summed E-state index contributed by atoms with van der Waals surface area (Å²) in [5.41, 5.74) is 9.13. The number of fused-ring (bicyclic) bond motifs is 1. The van der Waals surface area contributed by atoms with Crippen molar-refractivity contribution >= 4 is 16.7 Å². The van der Waals surface area contributed by atoms with Gasteiger partial charge in [0.2, 0.25) is 0 Å². The van der Waals surface area contributed by atoms with Crippen molar-refractivity contribution in [3.05, 3.63) is 36.4 Å². The summed E-state index contributed by atoms with van der Waals surface area (Å²) in [4.78, 5) is 7.83. The fourth-order valence-electron chi connectivity index (χ4n) is 2.11. The molecule has 0 radical (unpaired) electrons. The van der Waals surface area contributed by atoms with Gasteiger partial charge in [0.05, 0.1) is 25.3 Å². The van der Waals surface area contributed by atoms with E-state index in [1.165, 1.54) is 0 Å². The van der Waals surface area contributed by atoms with Crippen molar-refractivity contribution in [2.24, 2.45) is 0 Å². The summed E-state index contributed by atoms with van der Waals surface area (Å²) < 4.78 is 10.6. The van der Waals surface area contributed by atoms with E-state index in [9.17, 15) is 0 Å². The number of nitrogen functional groups attached to an aromatic ring is 1. The first kappa shape index (κ1) is 12.3. The maximum absolute atomic E-state index is 5.69. The largest absolute Gasteiger partial charge is 0.493 e. The van der Waals surface area contributed by atoms with Crippen LogP contribution in [0.5, 0.6) is 11.5 Å². The molecule has 20 heavy (non-hydrogen) atoms. The first-order valence-corrected chi connectivity index (χ1v) is 6.19. The number of ether oxygens (including phenoxy) is 2. The lowest BCUT2D eigenvalue weighted by atomic mass is 10.2. The van der Waals surface area contributed by atoms with Crippen molar-refractivity contribution in [1.29, 1.82) is 0 Å². The maximum Gasteiger partial charge on any atom is 0.163 e. The topological polar surface area (TPSA) is 73.2 Å². The Balaban J connectivity index is 2.12. The van der Waals surface area contributed by atoms with E-state index in [-0.39, 0.29) is 0 Å². The summed E-state index contributed by atoms with van der Waals surface area (Å²) in [5, 5.41) is 0. The van der Waals surface area contributed by atoms with E-state index < -0.39 is 0 Å². The second-order valence-corrected chi connectivity index (χ2v) is 4.43. The molecular formula is C15H15N3O2. The van der Waals surface area contributed by atoms with Crippen LogP contribution in [0.15, 0.2) is 36.4 Å². The minimum Gasteiger partial charge on any atom is -0.493 e. The molecule has 0 saturated carbocycles. The van der Waals surface area contributed by atoms with Gasteiger partial charge in [0.1, 0.15) is 5.82 Å². The summed E-state index contributed by atoms with van der Waals surface area (Å²) in [5.74, 6) is 2.12. The molecular weight excluding hydrogens is 254 g/mol. The first-order valence-electron chi connectivity index (χ1n) is 6.19. The molecule has 0 amide bonds. The zero-order valence-electron chi connectivity index (χ0n) is 11.3. The quantitative estimate of drug-likeness (QED) is 0.717. The molecule has 0 aliphatic carbocycles. The maximum atomic E-state index is 5.69. The smallest absolute Gasteiger partial charge is 0.163 e. The fraction of sp³-hybridized carbons (Fsp3) is 0.133. The third-order valence-corrected chi connectivity index (χ3v) is 3.17. The van der Waals surface area contributed by atoms with Gasteiger partial charge in [-0.15, -0.1) is 0 Å². The van der Waals surface area contributed by atoms with Gasteiger partial charge in [0.25, 0.3) is 0 Å². The number of benzene rings is 2. The van der Waals surface area contributed by atoms with Crippen LogP contribution in [0, 0.1) is 0 Å². The second kappa shape index (κ2) is 4.77. The van der Waals surface area contributed by atoms with Crippen molar-refractivity contribution in [2.75, 3.05) is 20.0 Å². The van der Waals surface area contributed by atoms with Gasteiger partial charge >= 0.3 is 0 Å². The molecule has 0 aliphatic heterocycles. The molecule has 0 bridgehead atoms. The minimum absolute atomic E-state index is 0.662. The average molecular weight is 269 g/mol. The van der Waals surface area contributed by atoms with Crippen molar-refractivity contribution in [3.8, 4) is 22.9 Å². The highest BCUT2D eigenvalue weighted by Gasteiger charge is 2.10. The normalized spacial score (nSPS) is 10.7. The predicted octanol–water partition coefficient (Wildman–Crippen LogP) is 2.83. The monoisotopic (exact) mass is 269 g/mol. The van der Waals surface area contributed by atoms with Crippen molar-refractivity contribution in [3.63, 3.8) is 0 Å². The van der Waals surface area contributed by atoms with Crippen molar-refractivity contribution < 1.29 is 9.47 Å². The van der Waals surface area contributed by atoms with E-state index in [4.69, 9.17) is 15.2 Å². The number of hydrogen-bond acceptors (Lipinski definition) is 4. The van der Waals surface area contributed by atoms with Crippen LogP contribution in [0.25, 0.3) is 22.4 Å². The number of methoxy groups -OCH3 is 2. The van der Waals surface area contributed by atoms with E-state index in [0.717, 1.165) is 28.1 Å². The van der Waals surface area contributed by atoms with Gasteiger partial charge in [-0.25, -0.2) is 4.98 Å². The molecule has 3 aromatic rings. The zero-order chi connectivity index (χ0) is 14.1. The second-order valence-electron chi connectivity index (χ2n) is 4.43. The zero-order valence-corrected chi connectivity index (χ0v) is 11.3. The number of nitrogens with zero attached hydrogens (tertiary/aromatic N) is 1. The van der Waals surface area contributed by atoms with Gasteiger partial charge in [0, 0.05) is 23.4 Å². The van der Waals surface area contributed by atoms with Gasteiger partial charge in [0.15, 0.2) is 11.5 Å². The molecule has 0 fully saturated rings. The fourth-order valence-corrected chi connectivity index (χ4v) is 2.11. The molecule has 3 N–H and O–H groups in total. The van der Waals surface area contributed by atoms with Gasteiger partial charge in [-0.3, -0.25) is 0 Å². The standard InChI is InChI=1S/C15H15N3O2/c1-19-13-7-11-12(8-14(13)20-2)18-15(17-11)9-3-5-10(16)6-4-9/h3-8H,16H2,1-2H3,(H,17,18). The Hall–Kier alpha value is -2.69. The molecule has 0 saturated heterocycles. The third-order valence-electron chi connectivity index (χ3n) is 3.17. The van der Waals surface area contributed by atoms with Gasteiger partial charge < -0.3 is 20.2 Å². The Labute approximate surface area is 116 Å². The van der Waals surface area contributed by atoms with Gasteiger partial charge in [-0.2, -0.15) is 0 Å². The highest BCUT2D eigenvalue weighted by Crippen LogP contribution is 2.32. The van der Waals surface area contributed by atoms with Crippen LogP contribution in [0.1, 0.15) is 0 Å². The van der Waals surface area contributed by atoms with Crippen molar-refractivity contribution in [1.82, 2.24) is 9.97 Å². The Kier molecular flexibility index (Phi) is 2.95. The molecule has 5 nitrogen and oxygen atoms in total. The lowest BCUT2D eigenvalue weighted by Gasteiger charge is -2.06. The number of nitrogens with two attached hydrogens (primary N) is 1. The number of aromatic amines is 1. The van der Waals surface area contributed by atoms with Crippen LogP contribution in [-0.4, -0.2) is 24.2 Å². The van der Waals surface area contributed by atoms with Gasteiger partial charge in [-0.1, -0.05) is 0 Å². The highest BCUT2D eigenvalue weighted by molar-refractivity contribution is 5.83. The number of nitrogens with one attached hydrogen (secondary N) is 1. The summed E-state index contributed by atoms with van der Waals surface area (Å²) in [7, 11) is 3.22. The van der Waals surface area contributed by atoms with Crippen LogP contribution in [0.4, 0.5) is 5.69 Å². The molecule has 0 unspecified atom stereocenters. The van der Waals surface area contributed by atoms with Gasteiger partial charge in [-0.05, 0) is 24.3 Å². The van der Waals surface area contributed by atoms with Crippen LogP contribution in [0.2, 0.25) is 0 Å². The lowest BCUT2D eigenvalue weighted by Crippen LogP contribution is -1.89. The van der Waals surface area contributed by atoms with E-state index in [0.29, 0.717) is 11.5 Å². The van der Waals surface area contributed by atoms with E-state index in [2.05, 4.69) is 9.97 Å². The lowest BCUT2D eigenvalue weighted by molar-refractivity contribution is 0.356. The molecule has 1 heterocycles. The number of rotatable bonds is 3. The predicted molar refractivity (Wildman–Crippen MR) is 79.0 cm³/mol. The van der Waals surface area contributed by atoms with Crippen LogP contribution in [-0.2, 0) is 0 Å². The highest BCUT2D eigenvalue weighted by atomic mass is 16.5.